The van der Waals surface area contributed by atoms with Crippen molar-refractivity contribution in [1.29, 1.82) is 0 Å². The molecule has 1 aliphatic rings. The van der Waals surface area contributed by atoms with Crippen molar-refractivity contribution < 1.29 is 4.79 Å². The molecular weight excluding hydrogens is 348 g/mol. The Kier molecular flexibility index (Phi) is 3.93. The van der Waals surface area contributed by atoms with Gasteiger partial charge in [0, 0.05) is 72.6 Å². The Hall–Kier alpha value is -3.47. The van der Waals surface area contributed by atoms with E-state index in [9.17, 15) is 4.79 Å². The summed E-state index contributed by atoms with van der Waals surface area (Å²) < 4.78 is 2.04. The van der Waals surface area contributed by atoms with Gasteiger partial charge in [-0.05, 0) is 42.3 Å². The number of nitrogens with zero attached hydrogens (tertiary/aromatic N) is 4. The summed E-state index contributed by atoms with van der Waals surface area (Å²) in [6.45, 7) is 0.810. The predicted octanol–water partition coefficient (Wildman–Crippen LogP) is 4.43. The quantitative estimate of drug-likeness (QED) is 0.537. The van der Waals surface area contributed by atoms with E-state index in [1.165, 1.54) is 0 Å². The minimum atomic E-state index is 0.209. The highest BCUT2D eigenvalue weighted by atomic mass is 16.2. The number of aromatic nitrogens is 3. The first-order chi connectivity index (χ1) is 13.7. The van der Waals surface area contributed by atoms with Crippen LogP contribution in [0.1, 0.15) is 12.8 Å². The third kappa shape index (κ3) is 2.76. The van der Waals surface area contributed by atoms with E-state index in [1.54, 1.807) is 0 Å². The maximum atomic E-state index is 11.9. The predicted molar refractivity (Wildman–Crippen MR) is 111 cm³/mol. The first-order valence-corrected chi connectivity index (χ1v) is 9.47. The maximum Gasteiger partial charge on any atom is 0.227 e. The van der Waals surface area contributed by atoms with Crippen molar-refractivity contribution in [3.8, 4) is 22.3 Å². The molecule has 138 valence electrons. The van der Waals surface area contributed by atoms with Crippen molar-refractivity contribution in [3.05, 3.63) is 67.3 Å². The summed E-state index contributed by atoms with van der Waals surface area (Å²) in [6.07, 6.45) is 9.26. The molecule has 5 heteroatoms. The lowest BCUT2D eigenvalue weighted by molar-refractivity contribution is -0.117. The maximum absolute atomic E-state index is 11.9. The molecular formula is C23H20N4O. The molecule has 1 saturated heterocycles. The van der Waals surface area contributed by atoms with Gasteiger partial charge in [0.25, 0.3) is 0 Å². The van der Waals surface area contributed by atoms with Crippen LogP contribution in [-0.2, 0) is 11.8 Å². The molecule has 0 bridgehead atoms. The number of aryl methyl sites for hydroxylation is 1. The first kappa shape index (κ1) is 16.7. The van der Waals surface area contributed by atoms with Crippen LogP contribution in [0.5, 0.6) is 0 Å². The third-order valence-corrected chi connectivity index (χ3v) is 5.37. The van der Waals surface area contributed by atoms with E-state index in [2.05, 4.69) is 40.4 Å². The number of carbonyl (C=O) groups excluding carboxylic acids is 1. The van der Waals surface area contributed by atoms with Crippen molar-refractivity contribution in [3.63, 3.8) is 0 Å². The number of fused-ring (bicyclic) bond motifs is 1. The molecule has 0 aliphatic carbocycles. The molecule has 0 unspecified atom stereocenters. The van der Waals surface area contributed by atoms with Crippen LogP contribution in [0.15, 0.2) is 67.3 Å². The number of hydrogen-bond donors (Lipinski definition) is 0. The zero-order valence-electron chi connectivity index (χ0n) is 15.7. The van der Waals surface area contributed by atoms with Gasteiger partial charge in [0.2, 0.25) is 5.91 Å². The smallest absolute Gasteiger partial charge is 0.227 e. The third-order valence-electron chi connectivity index (χ3n) is 5.37. The number of amides is 1. The van der Waals surface area contributed by atoms with Crippen LogP contribution in [0, 0.1) is 0 Å². The molecule has 0 spiro atoms. The van der Waals surface area contributed by atoms with Crippen molar-refractivity contribution >= 4 is 22.6 Å². The molecule has 1 fully saturated rings. The Balaban J connectivity index is 1.51. The molecule has 1 amide bonds. The van der Waals surface area contributed by atoms with Gasteiger partial charge in [0.15, 0.2) is 0 Å². The summed E-state index contributed by atoms with van der Waals surface area (Å²) in [7, 11) is 2.01. The zero-order chi connectivity index (χ0) is 19.1. The van der Waals surface area contributed by atoms with E-state index in [0.29, 0.717) is 6.42 Å². The second-order valence-electron chi connectivity index (χ2n) is 7.19. The van der Waals surface area contributed by atoms with Crippen LogP contribution in [-0.4, -0.2) is 27.0 Å². The van der Waals surface area contributed by atoms with Crippen molar-refractivity contribution in [2.45, 2.75) is 12.8 Å². The van der Waals surface area contributed by atoms with Crippen LogP contribution >= 0.6 is 0 Å². The van der Waals surface area contributed by atoms with E-state index in [-0.39, 0.29) is 5.91 Å². The number of anilines is 1. The van der Waals surface area contributed by atoms with Gasteiger partial charge < -0.3 is 9.47 Å². The van der Waals surface area contributed by atoms with Crippen LogP contribution in [0.2, 0.25) is 0 Å². The van der Waals surface area contributed by atoms with E-state index < -0.39 is 0 Å². The van der Waals surface area contributed by atoms with E-state index in [1.807, 2.05) is 53.3 Å². The van der Waals surface area contributed by atoms with Crippen LogP contribution in [0.25, 0.3) is 33.3 Å². The van der Waals surface area contributed by atoms with E-state index in [0.717, 1.165) is 51.9 Å². The molecule has 3 aromatic heterocycles. The summed E-state index contributed by atoms with van der Waals surface area (Å²) in [5.41, 5.74) is 6.26. The van der Waals surface area contributed by atoms with Gasteiger partial charge in [-0.25, -0.2) is 4.98 Å². The number of rotatable bonds is 3. The number of benzene rings is 1. The van der Waals surface area contributed by atoms with E-state index >= 15 is 0 Å². The number of carbonyl (C=O) groups is 1. The lowest BCUT2D eigenvalue weighted by atomic mass is 10.0. The summed E-state index contributed by atoms with van der Waals surface area (Å²) in [6, 6.07) is 14.4. The van der Waals surface area contributed by atoms with Crippen LogP contribution < -0.4 is 4.90 Å². The molecule has 1 aliphatic heterocycles. The Bertz CT molecular complexity index is 1180. The highest BCUT2D eigenvalue weighted by Gasteiger charge is 2.21. The minimum absolute atomic E-state index is 0.209. The summed E-state index contributed by atoms with van der Waals surface area (Å²) in [5, 5.41) is 1.12. The SMILES string of the molecule is Cn1cc(-c2cncc(-c3ccc(N4CCCC4=O)cc3)c2)c2cccnc21. The number of hydrogen-bond acceptors (Lipinski definition) is 3. The lowest BCUT2D eigenvalue weighted by Crippen LogP contribution is -2.23. The largest absolute Gasteiger partial charge is 0.335 e. The van der Waals surface area contributed by atoms with Gasteiger partial charge in [0.1, 0.15) is 5.65 Å². The topological polar surface area (TPSA) is 51.0 Å². The normalized spacial score (nSPS) is 14.2. The molecule has 0 N–H and O–H groups in total. The fourth-order valence-corrected chi connectivity index (χ4v) is 3.94. The lowest BCUT2D eigenvalue weighted by Gasteiger charge is -2.16. The molecule has 5 rings (SSSR count). The van der Waals surface area contributed by atoms with Gasteiger partial charge >= 0.3 is 0 Å². The summed E-state index contributed by atoms with van der Waals surface area (Å²) in [5.74, 6) is 0.209. The monoisotopic (exact) mass is 368 g/mol. The van der Waals surface area contributed by atoms with Crippen molar-refractivity contribution in [1.82, 2.24) is 14.5 Å². The molecule has 4 heterocycles. The Morgan fingerprint density at radius 2 is 1.82 bits per heavy atom. The Labute approximate surface area is 163 Å². The average Bonchev–Trinajstić information content (AvgIpc) is 3.32. The Morgan fingerprint density at radius 1 is 1.00 bits per heavy atom. The van der Waals surface area contributed by atoms with Crippen LogP contribution in [0.3, 0.4) is 0 Å². The van der Waals surface area contributed by atoms with Crippen molar-refractivity contribution in [2.24, 2.45) is 7.05 Å². The molecule has 0 radical (unpaired) electrons. The zero-order valence-corrected chi connectivity index (χ0v) is 15.7. The van der Waals surface area contributed by atoms with Gasteiger partial charge in [-0.1, -0.05) is 12.1 Å². The van der Waals surface area contributed by atoms with E-state index in [4.69, 9.17) is 0 Å². The second-order valence-corrected chi connectivity index (χ2v) is 7.19. The molecule has 4 aromatic rings. The number of pyridine rings is 2. The van der Waals surface area contributed by atoms with Gasteiger partial charge in [-0.15, -0.1) is 0 Å². The fraction of sp³-hybridized carbons (Fsp3) is 0.174. The summed E-state index contributed by atoms with van der Waals surface area (Å²) >= 11 is 0. The highest BCUT2D eigenvalue weighted by Crippen LogP contribution is 2.32. The van der Waals surface area contributed by atoms with Gasteiger partial charge in [0.05, 0.1) is 0 Å². The summed E-state index contributed by atoms with van der Waals surface area (Å²) in [4.78, 5) is 22.8. The minimum Gasteiger partial charge on any atom is -0.335 e. The standard InChI is InChI=1S/C23H20N4O/c1-26-15-21(20-4-2-10-25-23(20)26)18-12-17(13-24-14-18)16-6-8-19(9-7-16)27-11-3-5-22(27)28/h2,4,6-10,12-15H,3,5,11H2,1H3. The van der Waals surface area contributed by atoms with Crippen molar-refractivity contribution in [2.75, 3.05) is 11.4 Å². The fourth-order valence-electron chi connectivity index (χ4n) is 3.94. The van der Waals surface area contributed by atoms with Gasteiger partial charge in [-0.2, -0.15) is 0 Å². The molecule has 1 aromatic carbocycles. The molecule has 5 nitrogen and oxygen atoms in total. The second kappa shape index (κ2) is 6.60. The van der Waals surface area contributed by atoms with Crippen LogP contribution in [0.4, 0.5) is 5.69 Å². The van der Waals surface area contributed by atoms with Gasteiger partial charge in [-0.3, -0.25) is 9.78 Å². The molecule has 0 saturated carbocycles. The first-order valence-electron chi connectivity index (χ1n) is 9.47. The Morgan fingerprint density at radius 3 is 2.61 bits per heavy atom. The average molecular weight is 368 g/mol. The highest BCUT2D eigenvalue weighted by molar-refractivity contribution is 5.96. The molecule has 0 atom stereocenters. The molecule has 28 heavy (non-hydrogen) atoms.